The summed E-state index contributed by atoms with van der Waals surface area (Å²) in [6, 6.07) is 17.6. The molecule has 0 aliphatic carbocycles. The van der Waals surface area contributed by atoms with Crippen molar-refractivity contribution in [3.05, 3.63) is 99.2 Å². The summed E-state index contributed by atoms with van der Waals surface area (Å²) in [6.45, 7) is 3.98. The third-order valence-corrected chi connectivity index (χ3v) is 6.23. The average molecular weight is 552 g/mol. The van der Waals surface area contributed by atoms with Gasteiger partial charge in [0, 0.05) is 22.0 Å². The summed E-state index contributed by atoms with van der Waals surface area (Å²) in [5.41, 5.74) is 2.30. The standard InChI is InChI=1S/C28H23Cl2N3O5/c1-3-12-38-28(37)18-6-4-8-20(13-18)31-25(34)17-11-10-16(2)22(14-17)32-24-23(30)26(35)33(27(24)36)21-9-5-7-19(29)15-21/h4-11,13-15,32H,3,12H2,1-2H3,(H,31,34). The maximum absolute atomic E-state index is 13.1. The highest BCUT2D eigenvalue weighted by Crippen LogP contribution is 2.32. The smallest absolute Gasteiger partial charge is 0.338 e. The summed E-state index contributed by atoms with van der Waals surface area (Å²) in [4.78, 5) is 51.9. The van der Waals surface area contributed by atoms with Gasteiger partial charge in [-0.3, -0.25) is 14.4 Å². The Morgan fingerprint density at radius 2 is 1.68 bits per heavy atom. The molecule has 1 heterocycles. The minimum absolute atomic E-state index is 0.115. The zero-order valence-electron chi connectivity index (χ0n) is 20.5. The predicted octanol–water partition coefficient (Wildman–Crippen LogP) is 5.90. The largest absolute Gasteiger partial charge is 0.462 e. The zero-order valence-corrected chi connectivity index (χ0v) is 22.0. The topological polar surface area (TPSA) is 105 Å². The van der Waals surface area contributed by atoms with Gasteiger partial charge >= 0.3 is 5.97 Å². The Hall–Kier alpha value is -4.14. The quantitative estimate of drug-likeness (QED) is 0.266. The number of anilines is 3. The molecule has 10 heteroatoms. The molecule has 194 valence electrons. The van der Waals surface area contributed by atoms with Crippen LogP contribution >= 0.6 is 23.2 Å². The lowest BCUT2D eigenvalue weighted by atomic mass is 10.1. The molecule has 0 bridgehead atoms. The van der Waals surface area contributed by atoms with E-state index in [2.05, 4.69) is 10.6 Å². The van der Waals surface area contributed by atoms with Gasteiger partial charge in [0.25, 0.3) is 17.7 Å². The number of carbonyl (C=O) groups is 4. The summed E-state index contributed by atoms with van der Waals surface area (Å²) >= 11 is 12.3. The fourth-order valence-electron chi connectivity index (χ4n) is 3.70. The highest BCUT2D eigenvalue weighted by molar-refractivity contribution is 6.53. The van der Waals surface area contributed by atoms with E-state index in [1.807, 2.05) is 6.92 Å². The van der Waals surface area contributed by atoms with Crippen molar-refractivity contribution in [2.24, 2.45) is 0 Å². The number of benzene rings is 3. The van der Waals surface area contributed by atoms with E-state index in [4.69, 9.17) is 27.9 Å². The molecule has 8 nitrogen and oxygen atoms in total. The highest BCUT2D eigenvalue weighted by atomic mass is 35.5. The van der Waals surface area contributed by atoms with E-state index in [0.717, 1.165) is 4.90 Å². The first-order valence-electron chi connectivity index (χ1n) is 11.7. The van der Waals surface area contributed by atoms with Crippen molar-refractivity contribution < 1.29 is 23.9 Å². The third kappa shape index (κ3) is 5.72. The maximum Gasteiger partial charge on any atom is 0.338 e. The van der Waals surface area contributed by atoms with Crippen LogP contribution in [0.4, 0.5) is 17.1 Å². The van der Waals surface area contributed by atoms with Gasteiger partial charge in [0.1, 0.15) is 10.7 Å². The molecule has 3 aromatic rings. The first-order valence-corrected chi connectivity index (χ1v) is 12.5. The molecule has 3 amide bonds. The average Bonchev–Trinajstić information content (AvgIpc) is 3.11. The summed E-state index contributed by atoms with van der Waals surface area (Å²) in [5, 5.41) is 5.75. The normalized spacial score (nSPS) is 13.1. The number of hydrogen-bond donors (Lipinski definition) is 2. The SMILES string of the molecule is CCCOC(=O)c1cccc(NC(=O)c2ccc(C)c(NC3=C(Cl)C(=O)N(c4cccc(Cl)c4)C3=O)c2)c1. The van der Waals surface area contributed by atoms with Crippen LogP contribution in [0.2, 0.25) is 5.02 Å². The second-order valence-electron chi connectivity index (χ2n) is 8.44. The van der Waals surface area contributed by atoms with Crippen molar-refractivity contribution >= 4 is 64.0 Å². The van der Waals surface area contributed by atoms with Gasteiger partial charge in [-0.25, -0.2) is 9.69 Å². The van der Waals surface area contributed by atoms with Crippen molar-refractivity contribution in [2.45, 2.75) is 20.3 Å². The molecule has 0 spiro atoms. The predicted molar refractivity (Wildman–Crippen MR) is 147 cm³/mol. The summed E-state index contributed by atoms with van der Waals surface area (Å²) in [5.74, 6) is -2.26. The maximum atomic E-state index is 13.1. The Morgan fingerprint density at radius 3 is 2.42 bits per heavy atom. The van der Waals surface area contributed by atoms with Crippen molar-refractivity contribution in [3.8, 4) is 0 Å². The molecule has 0 fully saturated rings. The Kier molecular flexibility index (Phi) is 8.14. The number of amides is 3. The summed E-state index contributed by atoms with van der Waals surface area (Å²) in [6.07, 6.45) is 0.701. The fourth-order valence-corrected chi connectivity index (χ4v) is 4.10. The van der Waals surface area contributed by atoms with Crippen LogP contribution in [0.5, 0.6) is 0 Å². The van der Waals surface area contributed by atoms with E-state index in [0.29, 0.717) is 40.6 Å². The van der Waals surface area contributed by atoms with E-state index in [9.17, 15) is 19.2 Å². The number of rotatable bonds is 8. The van der Waals surface area contributed by atoms with Crippen LogP contribution < -0.4 is 15.5 Å². The van der Waals surface area contributed by atoms with Gasteiger partial charge in [0.15, 0.2) is 0 Å². The van der Waals surface area contributed by atoms with E-state index in [1.165, 1.54) is 12.1 Å². The summed E-state index contributed by atoms with van der Waals surface area (Å²) in [7, 11) is 0. The lowest BCUT2D eigenvalue weighted by Gasteiger charge is -2.16. The molecule has 0 unspecified atom stereocenters. The molecule has 4 rings (SSSR count). The molecule has 3 aromatic carbocycles. The minimum atomic E-state index is -0.690. The van der Waals surface area contributed by atoms with Crippen LogP contribution in [0.15, 0.2) is 77.5 Å². The molecule has 38 heavy (non-hydrogen) atoms. The highest BCUT2D eigenvalue weighted by Gasteiger charge is 2.39. The van der Waals surface area contributed by atoms with Crippen molar-refractivity contribution in [1.82, 2.24) is 0 Å². The molecule has 0 atom stereocenters. The van der Waals surface area contributed by atoms with Crippen LogP contribution in [0.1, 0.15) is 39.6 Å². The van der Waals surface area contributed by atoms with Crippen LogP contribution in [0.25, 0.3) is 0 Å². The molecule has 0 radical (unpaired) electrons. The molecule has 1 aliphatic rings. The van der Waals surface area contributed by atoms with Crippen molar-refractivity contribution in [1.29, 1.82) is 0 Å². The number of imide groups is 1. The van der Waals surface area contributed by atoms with Gasteiger partial charge in [-0.05, 0) is 67.4 Å². The van der Waals surface area contributed by atoms with Crippen molar-refractivity contribution in [2.75, 3.05) is 22.1 Å². The Balaban J connectivity index is 1.53. The van der Waals surface area contributed by atoms with Crippen LogP contribution in [0, 0.1) is 6.92 Å². The van der Waals surface area contributed by atoms with E-state index in [1.54, 1.807) is 61.5 Å². The lowest BCUT2D eigenvalue weighted by molar-refractivity contribution is -0.120. The number of nitrogens with zero attached hydrogens (tertiary/aromatic N) is 1. The monoisotopic (exact) mass is 551 g/mol. The lowest BCUT2D eigenvalue weighted by Crippen LogP contribution is -2.32. The zero-order chi connectivity index (χ0) is 27.4. The molecule has 2 N–H and O–H groups in total. The number of ether oxygens (including phenoxy) is 1. The number of halogens is 2. The van der Waals surface area contributed by atoms with E-state index in [-0.39, 0.29) is 22.0 Å². The molecular weight excluding hydrogens is 529 g/mol. The number of esters is 1. The van der Waals surface area contributed by atoms with E-state index < -0.39 is 23.7 Å². The van der Waals surface area contributed by atoms with Gasteiger partial charge in [0.05, 0.1) is 17.9 Å². The minimum Gasteiger partial charge on any atom is -0.462 e. The van der Waals surface area contributed by atoms with Gasteiger partial charge in [-0.1, -0.05) is 48.3 Å². The van der Waals surface area contributed by atoms with Gasteiger partial charge < -0.3 is 15.4 Å². The molecule has 1 aliphatic heterocycles. The molecule has 0 saturated heterocycles. The van der Waals surface area contributed by atoms with Gasteiger partial charge in [-0.15, -0.1) is 0 Å². The van der Waals surface area contributed by atoms with Crippen LogP contribution in [0.3, 0.4) is 0 Å². The fraction of sp³-hybridized carbons (Fsp3) is 0.143. The number of hydrogen-bond acceptors (Lipinski definition) is 6. The second-order valence-corrected chi connectivity index (χ2v) is 9.25. The van der Waals surface area contributed by atoms with Crippen molar-refractivity contribution in [3.63, 3.8) is 0 Å². The summed E-state index contributed by atoms with van der Waals surface area (Å²) < 4.78 is 5.14. The van der Waals surface area contributed by atoms with Crippen LogP contribution in [-0.2, 0) is 14.3 Å². The van der Waals surface area contributed by atoms with Crippen LogP contribution in [-0.4, -0.2) is 30.3 Å². The number of aryl methyl sites for hydroxylation is 1. The molecule has 0 aromatic heterocycles. The number of nitrogens with one attached hydrogen (secondary N) is 2. The molecular formula is C28H23Cl2N3O5. The molecule has 0 saturated carbocycles. The second kappa shape index (κ2) is 11.5. The third-order valence-electron chi connectivity index (χ3n) is 5.65. The first-order chi connectivity index (χ1) is 18.2. The Labute approximate surface area is 229 Å². The first kappa shape index (κ1) is 26.9. The Morgan fingerprint density at radius 1 is 0.921 bits per heavy atom. The van der Waals surface area contributed by atoms with E-state index >= 15 is 0 Å². The van der Waals surface area contributed by atoms with Gasteiger partial charge in [-0.2, -0.15) is 0 Å². The Bertz CT molecular complexity index is 1480. The number of carbonyl (C=O) groups excluding carboxylic acids is 4. The van der Waals surface area contributed by atoms with Gasteiger partial charge in [0.2, 0.25) is 0 Å².